The number of nitro groups is 1. The molecule has 0 aromatic rings. The molecule has 0 radical (unpaired) electrons. The second-order valence-electron chi connectivity index (χ2n) is 1.87. The molecule has 1 heterocycles. The van der Waals surface area contributed by atoms with Crippen LogP contribution in [-0.4, -0.2) is 35.6 Å². The van der Waals surface area contributed by atoms with Gasteiger partial charge in [0.1, 0.15) is 4.92 Å². The second-order valence-corrected chi connectivity index (χ2v) is 1.87. The highest BCUT2D eigenvalue weighted by molar-refractivity contribution is 5.36. The molecule has 0 aromatic heterocycles. The maximum absolute atomic E-state index is 9.84. The zero-order valence-electron chi connectivity index (χ0n) is 4.91. The molecule has 0 spiro atoms. The summed E-state index contributed by atoms with van der Waals surface area (Å²) in [7, 11) is 0. The fourth-order valence-electron chi connectivity index (χ4n) is 0.756. The van der Waals surface area contributed by atoms with Crippen LogP contribution in [0.25, 0.3) is 0 Å². The molecule has 0 saturated carbocycles. The van der Waals surface area contributed by atoms with Gasteiger partial charge in [0.15, 0.2) is 6.54 Å². The third-order valence-electron chi connectivity index (χ3n) is 1.15. The van der Waals surface area contributed by atoms with E-state index in [2.05, 4.69) is 5.32 Å². The summed E-state index contributed by atoms with van der Waals surface area (Å²) in [5, 5.41) is 12.8. The lowest BCUT2D eigenvalue weighted by molar-refractivity contribution is -0.550. The quantitative estimate of drug-likeness (QED) is 0.211. The van der Waals surface area contributed by atoms with Gasteiger partial charge in [-0.2, -0.15) is 4.58 Å². The van der Waals surface area contributed by atoms with E-state index in [1.807, 2.05) is 0 Å². The van der Waals surface area contributed by atoms with Crippen molar-refractivity contribution < 1.29 is 9.50 Å². The van der Waals surface area contributed by atoms with Crippen molar-refractivity contribution in [1.82, 2.24) is 5.32 Å². The van der Waals surface area contributed by atoms with Crippen molar-refractivity contribution in [2.75, 3.05) is 19.8 Å². The summed E-state index contributed by atoms with van der Waals surface area (Å²) < 4.78 is 1.62. The average molecular weight is 130 g/mol. The molecule has 5 nitrogen and oxygen atoms in total. The summed E-state index contributed by atoms with van der Waals surface area (Å²) in [6, 6.07) is 0. The Morgan fingerprint density at radius 2 is 2.56 bits per heavy atom. The summed E-state index contributed by atoms with van der Waals surface area (Å²) >= 11 is 0. The van der Waals surface area contributed by atoms with Crippen molar-refractivity contribution in [3.05, 3.63) is 10.1 Å². The third kappa shape index (κ3) is 1.77. The minimum atomic E-state index is -0.438. The topological polar surface area (TPSA) is 58.2 Å². The van der Waals surface area contributed by atoms with Crippen LogP contribution in [0.4, 0.5) is 0 Å². The highest BCUT2D eigenvalue weighted by Gasteiger charge is 2.14. The molecule has 0 atom stereocenters. The van der Waals surface area contributed by atoms with E-state index in [0.717, 1.165) is 19.4 Å². The zero-order chi connectivity index (χ0) is 6.69. The molecule has 1 aliphatic rings. The Kier molecular flexibility index (Phi) is 1.74. The first kappa shape index (κ1) is 6.15. The van der Waals surface area contributed by atoms with Gasteiger partial charge in [-0.1, -0.05) is 0 Å². The number of nitrogens with zero attached hydrogens (tertiary/aromatic N) is 2. The van der Waals surface area contributed by atoms with Crippen LogP contribution in [0.5, 0.6) is 0 Å². The Hall–Kier alpha value is -0.970. The first-order valence-corrected chi connectivity index (χ1v) is 2.72. The van der Waals surface area contributed by atoms with Crippen LogP contribution >= 0.6 is 0 Å². The monoisotopic (exact) mass is 130 g/mol. The van der Waals surface area contributed by atoms with Crippen molar-refractivity contribution in [1.29, 1.82) is 0 Å². The molecule has 0 bridgehead atoms. The van der Waals surface area contributed by atoms with E-state index < -0.39 is 4.92 Å². The predicted molar refractivity (Wildman–Crippen MR) is 31.1 cm³/mol. The van der Waals surface area contributed by atoms with Gasteiger partial charge in [0.2, 0.25) is 6.67 Å². The smallest absolute Gasteiger partial charge is 0.255 e. The van der Waals surface area contributed by atoms with E-state index >= 15 is 0 Å². The predicted octanol–water partition coefficient (Wildman–Crippen LogP) is -1.14. The Balaban J connectivity index is 2.49. The lowest BCUT2D eigenvalue weighted by Crippen LogP contribution is -2.15. The van der Waals surface area contributed by atoms with E-state index in [-0.39, 0.29) is 0 Å². The third-order valence-corrected chi connectivity index (χ3v) is 1.15. The molecule has 9 heavy (non-hydrogen) atoms. The summed E-state index contributed by atoms with van der Waals surface area (Å²) in [4.78, 5) is 9.40. The van der Waals surface area contributed by atoms with Gasteiger partial charge in [-0.15, -0.1) is 0 Å². The van der Waals surface area contributed by atoms with Gasteiger partial charge in [0, 0.05) is 0 Å². The highest BCUT2D eigenvalue weighted by atomic mass is 16.6. The van der Waals surface area contributed by atoms with Gasteiger partial charge in [-0.05, 0) is 0 Å². The van der Waals surface area contributed by atoms with Crippen molar-refractivity contribution in [3.8, 4) is 0 Å². The largest absolute Gasteiger partial charge is 0.461 e. The van der Waals surface area contributed by atoms with Crippen LogP contribution in [-0.2, 0) is 0 Å². The van der Waals surface area contributed by atoms with Crippen LogP contribution < -0.4 is 5.32 Å². The van der Waals surface area contributed by atoms with Crippen molar-refractivity contribution >= 4 is 6.34 Å². The normalized spacial score (nSPS) is 22.9. The molecule has 0 amide bonds. The lowest BCUT2D eigenvalue weighted by atomic mass is 10.7. The van der Waals surface area contributed by atoms with Crippen LogP contribution in [0, 0.1) is 10.1 Å². The average Bonchev–Trinajstić information content (AvgIpc) is 2.15. The minimum Gasteiger partial charge on any atom is -0.255 e. The molecule has 1 N–H and O–H groups in total. The van der Waals surface area contributed by atoms with Crippen molar-refractivity contribution in [2.24, 2.45) is 0 Å². The molecule has 1 rings (SSSR count). The summed E-state index contributed by atoms with van der Waals surface area (Å²) in [5.74, 6) is 0. The van der Waals surface area contributed by atoms with Crippen molar-refractivity contribution in [3.63, 3.8) is 0 Å². The molecule has 0 aliphatic carbocycles. The minimum absolute atomic E-state index is 0.438. The van der Waals surface area contributed by atoms with E-state index in [9.17, 15) is 10.1 Å². The number of hydrogen-bond acceptors (Lipinski definition) is 3. The molecule has 0 aromatic carbocycles. The summed E-state index contributed by atoms with van der Waals surface area (Å²) in [6.45, 7) is 2.17. The zero-order valence-corrected chi connectivity index (χ0v) is 4.91. The molecular formula is C4H8N3O2+. The molecule has 1 fully saturated rings. The number of hydrogen-bond donors (Lipinski definition) is 1. The van der Waals surface area contributed by atoms with Crippen LogP contribution in [0.15, 0.2) is 0 Å². The van der Waals surface area contributed by atoms with E-state index in [4.69, 9.17) is 0 Å². The SMILES string of the molecule is O=[N+]([O-])C=[N+]1CCNC1. The Morgan fingerprint density at radius 1 is 1.78 bits per heavy atom. The Labute approximate surface area is 52.1 Å². The first-order valence-electron chi connectivity index (χ1n) is 2.72. The molecule has 1 saturated heterocycles. The number of rotatable bonds is 1. The standard InChI is InChI=1S/C4H8N3O2/c8-7(9)4-6-2-1-5-3-6/h4-5H,1-3H2/q+1. The summed E-state index contributed by atoms with van der Waals surface area (Å²) in [5.41, 5.74) is 0. The van der Waals surface area contributed by atoms with E-state index in [0.29, 0.717) is 6.67 Å². The van der Waals surface area contributed by atoms with Crippen LogP contribution in [0.2, 0.25) is 0 Å². The second kappa shape index (κ2) is 2.54. The Morgan fingerprint density at radius 3 is 3.00 bits per heavy atom. The van der Waals surface area contributed by atoms with Crippen LogP contribution in [0.1, 0.15) is 0 Å². The maximum Gasteiger partial charge on any atom is 0.461 e. The molecular weight excluding hydrogens is 122 g/mol. The first-order chi connectivity index (χ1) is 4.29. The van der Waals surface area contributed by atoms with Crippen LogP contribution in [0.3, 0.4) is 0 Å². The fourth-order valence-corrected chi connectivity index (χ4v) is 0.756. The fraction of sp³-hybridized carbons (Fsp3) is 0.750. The molecule has 1 aliphatic heterocycles. The van der Waals surface area contributed by atoms with Gasteiger partial charge in [-0.25, -0.2) is 0 Å². The van der Waals surface area contributed by atoms with Gasteiger partial charge in [0.25, 0.3) is 0 Å². The van der Waals surface area contributed by atoms with Crippen molar-refractivity contribution in [2.45, 2.75) is 0 Å². The van der Waals surface area contributed by atoms with Gasteiger partial charge < -0.3 is 0 Å². The van der Waals surface area contributed by atoms with Gasteiger partial charge in [0.05, 0.1) is 6.54 Å². The lowest BCUT2D eigenvalue weighted by Gasteiger charge is -1.81. The highest BCUT2D eigenvalue weighted by Crippen LogP contribution is 1.78. The van der Waals surface area contributed by atoms with E-state index in [1.165, 1.54) is 0 Å². The van der Waals surface area contributed by atoms with Gasteiger partial charge >= 0.3 is 6.34 Å². The molecule has 5 heteroatoms. The maximum atomic E-state index is 9.84. The Bertz CT molecular complexity index is 146. The summed E-state index contributed by atoms with van der Waals surface area (Å²) in [6.07, 6.45) is 1.00. The van der Waals surface area contributed by atoms with Gasteiger partial charge in [-0.3, -0.25) is 15.4 Å². The molecule has 0 unspecified atom stereocenters. The van der Waals surface area contributed by atoms with E-state index in [1.54, 1.807) is 4.58 Å². The number of nitrogens with one attached hydrogen (secondary N) is 1. The molecule has 50 valence electrons.